The molecule has 4 rings (SSSR count). The number of tetrazole rings is 1. The first-order chi connectivity index (χ1) is 12.3. The molecule has 0 bridgehead atoms. The SMILES string of the molecule is Brc1ccc(-c2nc(CSc3nnnn3C3CCCCC3)no2)cc1. The molecule has 0 spiro atoms. The first-order valence-corrected chi connectivity index (χ1v) is 10.1. The van der Waals surface area contributed by atoms with Crippen LogP contribution in [0.15, 0.2) is 38.4 Å². The lowest BCUT2D eigenvalue weighted by atomic mass is 9.96. The lowest BCUT2D eigenvalue weighted by Crippen LogP contribution is -2.15. The standard InChI is InChI=1S/C16H17BrN6OS/c17-12-8-6-11(7-9-12)15-18-14(20-24-15)10-25-16-19-21-22-23(16)13-4-2-1-3-5-13/h6-9,13H,1-5,10H2. The third-order valence-corrected chi connectivity index (χ3v) is 5.73. The van der Waals surface area contributed by atoms with E-state index in [0.29, 0.717) is 23.5 Å². The molecule has 0 amide bonds. The van der Waals surface area contributed by atoms with E-state index in [1.807, 2.05) is 28.9 Å². The molecule has 25 heavy (non-hydrogen) atoms. The number of hydrogen-bond acceptors (Lipinski definition) is 7. The van der Waals surface area contributed by atoms with Crippen LogP contribution in [0.1, 0.15) is 44.0 Å². The average Bonchev–Trinajstić information content (AvgIpc) is 3.31. The monoisotopic (exact) mass is 420 g/mol. The maximum atomic E-state index is 5.36. The van der Waals surface area contributed by atoms with E-state index in [4.69, 9.17) is 4.52 Å². The van der Waals surface area contributed by atoms with E-state index in [1.54, 1.807) is 11.8 Å². The van der Waals surface area contributed by atoms with Gasteiger partial charge in [-0.05, 0) is 47.5 Å². The molecule has 1 aliphatic rings. The summed E-state index contributed by atoms with van der Waals surface area (Å²) >= 11 is 4.96. The van der Waals surface area contributed by atoms with Gasteiger partial charge in [0.05, 0.1) is 11.8 Å². The highest BCUT2D eigenvalue weighted by Crippen LogP contribution is 2.31. The fraction of sp³-hybridized carbons (Fsp3) is 0.438. The van der Waals surface area contributed by atoms with E-state index >= 15 is 0 Å². The highest BCUT2D eigenvalue weighted by Gasteiger charge is 2.20. The lowest BCUT2D eigenvalue weighted by molar-refractivity contribution is 0.307. The topological polar surface area (TPSA) is 82.5 Å². The van der Waals surface area contributed by atoms with Crippen LogP contribution in [0.25, 0.3) is 11.5 Å². The maximum Gasteiger partial charge on any atom is 0.257 e. The maximum absolute atomic E-state index is 5.36. The highest BCUT2D eigenvalue weighted by atomic mass is 79.9. The predicted molar refractivity (Wildman–Crippen MR) is 96.9 cm³/mol. The smallest absolute Gasteiger partial charge is 0.257 e. The number of hydrogen-bond donors (Lipinski definition) is 0. The van der Waals surface area contributed by atoms with Gasteiger partial charge in [0.15, 0.2) is 5.82 Å². The number of halogens is 1. The van der Waals surface area contributed by atoms with Crippen LogP contribution in [0.2, 0.25) is 0 Å². The molecule has 0 aliphatic heterocycles. The fourth-order valence-corrected chi connectivity index (χ4v) is 4.04. The molecule has 0 atom stereocenters. The summed E-state index contributed by atoms with van der Waals surface area (Å²) in [6, 6.07) is 8.20. The van der Waals surface area contributed by atoms with Crippen LogP contribution in [-0.4, -0.2) is 30.3 Å². The Morgan fingerprint density at radius 1 is 1.16 bits per heavy atom. The Morgan fingerprint density at radius 3 is 2.76 bits per heavy atom. The molecule has 130 valence electrons. The van der Waals surface area contributed by atoms with Crippen LogP contribution < -0.4 is 0 Å². The van der Waals surface area contributed by atoms with Crippen molar-refractivity contribution in [2.75, 3.05) is 0 Å². The first kappa shape index (κ1) is 16.7. The van der Waals surface area contributed by atoms with Crippen LogP contribution in [0, 0.1) is 0 Å². The molecule has 1 fully saturated rings. The molecule has 0 N–H and O–H groups in total. The fourth-order valence-electron chi connectivity index (χ4n) is 2.99. The molecule has 1 saturated carbocycles. The average molecular weight is 421 g/mol. The summed E-state index contributed by atoms with van der Waals surface area (Å²) in [6.45, 7) is 0. The number of rotatable bonds is 5. The van der Waals surface area contributed by atoms with Gasteiger partial charge in [-0.3, -0.25) is 0 Å². The Bertz CT molecular complexity index is 827. The van der Waals surface area contributed by atoms with Crippen molar-refractivity contribution < 1.29 is 4.52 Å². The van der Waals surface area contributed by atoms with Gasteiger partial charge in [0, 0.05) is 10.0 Å². The van der Waals surface area contributed by atoms with Gasteiger partial charge in [0.2, 0.25) is 5.16 Å². The summed E-state index contributed by atoms with van der Waals surface area (Å²) in [5.74, 6) is 1.74. The van der Waals surface area contributed by atoms with Gasteiger partial charge in [0.1, 0.15) is 0 Å². The highest BCUT2D eigenvalue weighted by molar-refractivity contribution is 9.10. The zero-order valence-corrected chi connectivity index (χ0v) is 15.9. The normalized spacial score (nSPS) is 15.6. The molecule has 1 aromatic carbocycles. The van der Waals surface area contributed by atoms with Crippen molar-refractivity contribution in [1.29, 1.82) is 0 Å². The van der Waals surface area contributed by atoms with Crippen LogP contribution >= 0.6 is 27.7 Å². The summed E-state index contributed by atoms with van der Waals surface area (Å²) in [4.78, 5) is 4.46. The Morgan fingerprint density at radius 2 is 1.96 bits per heavy atom. The van der Waals surface area contributed by atoms with Gasteiger partial charge < -0.3 is 4.52 Å². The minimum absolute atomic E-state index is 0.412. The second-order valence-electron chi connectivity index (χ2n) is 6.01. The van der Waals surface area contributed by atoms with Crippen molar-refractivity contribution in [3.05, 3.63) is 34.6 Å². The Hall–Kier alpha value is -1.74. The van der Waals surface area contributed by atoms with E-state index in [2.05, 4.69) is 41.6 Å². The van der Waals surface area contributed by atoms with Gasteiger partial charge in [-0.2, -0.15) is 4.98 Å². The molecule has 3 aromatic rings. The molecular formula is C16H17BrN6OS. The van der Waals surface area contributed by atoms with Crippen molar-refractivity contribution >= 4 is 27.7 Å². The summed E-state index contributed by atoms with van der Waals surface area (Å²) in [5, 5.41) is 17.1. The molecule has 0 saturated heterocycles. The largest absolute Gasteiger partial charge is 0.334 e. The molecule has 1 aliphatic carbocycles. The second-order valence-corrected chi connectivity index (χ2v) is 7.87. The van der Waals surface area contributed by atoms with E-state index in [0.717, 1.165) is 28.0 Å². The molecule has 2 aromatic heterocycles. The van der Waals surface area contributed by atoms with Crippen LogP contribution in [0.3, 0.4) is 0 Å². The van der Waals surface area contributed by atoms with Crippen molar-refractivity contribution in [1.82, 2.24) is 30.3 Å². The van der Waals surface area contributed by atoms with E-state index in [9.17, 15) is 0 Å². The van der Waals surface area contributed by atoms with Crippen LogP contribution in [-0.2, 0) is 5.75 Å². The van der Waals surface area contributed by atoms with E-state index in [-0.39, 0.29) is 0 Å². The predicted octanol–water partition coefficient (Wildman–Crippen LogP) is 4.28. The summed E-state index contributed by atoms with van der Waals surface area (Å²) in [5.41, 5.74) is 0.902. The zero-order valence-electron chi connectivity index (χ0n) is 13.5. The third-order valence-electron chi connectivity index (χ3n) is 4.27. The molecule has 0 unspecified atom stereocenters. The van der Waals surface area contributed by atoms with Crippen molar-refractivity contribution in [2.45, 2.75) is 49.1 Å². The Kier molecular flexibility index (Phi) is 5.12. The minimum atomic E-state index is 0.412. The quantitative estimate of drug-likeness (QED) is 0.569. The Labute approximate surface area is 157 Å². The summed E-state index contributed by atoms with van der Waals surface area (Å²) in [6.07, 6.45) is 6.10. The summed E-state index contributed by atoms with van der Waals surface area (Å²) < 4.78 is 8.33. The molecule has 2 heterocycles. The zero-order chi connectivity index (χ0) is 17.1. The van der Waals surface area contributed by atoms with Crippen molar-refractivity contribution in [2.24, 2.45) is 0 Å². The number of nitrogens with zero attached hydrogens (tertiary/aromatic N) is 6. The van der Waals surface area contributed by atoms with Crippen molar-refractivity contribution in [3.63, 3.8) is 0 Å². The lowest BCUT2D eigenvalue weighted by Gasteiger charge is -2.21. The van der Waals surface area contributed by atoms with Crippen LogP contribution in [0.4, 0.5) is 0 Å². The van der Waals surface area contributed by atoms with Gasteiger partial charge in [-0.15, -0.1) is 5.10 Å². The molecule has 7 nitrogen and oxygen atoms in total. The molecular weight excluding hydrogens is 404 g/mol. The number of aromatic nitrogens is 6. The number of benzene rings is 1. The molecule has 0 radical (unpaired) electrons. The van der Waals surface area contributed by atoms with Gasteiger partial charge >= 0.3 is 0 Å². The first-order valence-electron chi connectivity index (χ1n) is 8.29. The van der Waals surface area contributed by atoms with Gasteiger partial charge in [-0.25, -0.2) is 4.68 Å². The minimum Gasteiger partial charge on any atom is -0.334 e. The van der Waals surface area contributed by atoms with Gasteiger partial charge in [0.25, 0.3) is 5.89 Å². The summed E-state index contributed by atoms with van der Waals surface area (Å²) in [7, 11) is 0. The second kappa shape index (κ2) is 7.65. The van der Waals surface area contributed by atoms with Crippen LogP contribution in [0.5, 0.6) is 0 Å². The third kappa shape index (κ3) is 3.92. The Balaban J connectivity index is 1.42. The molecule has 9 heteroatoms. The number of thioether (sulfide) groups is 1. The van der Waals surface area contributed by atoms with E-state index in [1.165, 1.54) is 19.3 Å². The van der Waals surface area contributed by atoms with E-state index < -0.39 is 0 Å². The van der Waals surface area contributed by atoms with Gasteiger partial charge in [-0.1, -0.05) is 52.1 Å². The van der Waals surface area contributed by atoms with Crippen molar-refractivity contribution in [3.8, 4) is 11.5 Å².